The lowest BCUT2D eigenvalue weighted by atomic mass is 10.1. The molecule has 0 saturated carbocycles. The van der Waals surface area contributed by atoms with E-state index in [1.165, 1.54) is 42.1 Å². The zero-order valence-electron chi connectivity index (χ0n) is 14.1. The molecule has 2 heterocycles. The fourth-order valence-corrected chi connectivity index (χ4v) is 3.62. The number of alkyl halides is 3. The molecule has 2 aliphatic heterocycles. The number of hydrogen-bond donors (Lipinski definition) is 0. The van der Waals surface area contributed by atoms with Crippen LogP contribution in [0, 0.1) is 10.1 Å². The maximum absolute atomic E-state index is 13.8. The lowest BCUT2D eigenvalue weighted by molar-refractivity contribution is -0.385. The summed E-state index contributed by atoms with van der Waals surface area (Å²) in [5, 5.41) is 10.8. The predicted octanol–water partition coefficient (Wildman–Crippen LogP) is 2.23. The van der Waals surface area contributed by atoms with Crippen molar-refractivity contribution in [2.75, 3.05) is 26.1 Å². The van der Waals surface area contributed by atoms with Gasteiger partial charge in [-0.05, 0) is 17.8 Å². The van der Waals surface area contributed by atoms with E-state index in [1.54, 1.807) is 0 Å². The van der Waals surface area contributed by atoms with Crippen LogP contribution in [0.5, 0.6) is 0 Å². The second kappa shape index (κ2) is 6.11. The zero-order chi connectivity index (χ0) is 20.1. The molecule has 144 valence electrons. The highest BCUT2D eigenvalue weighted by molar-refractivity contribution is 8.15. The summed E-state index contributed by atoms with van der Waals surface area (Å²) in [6.45, 7) is 0. The number of carbonyl (C=O) groups is 1. The Hall–Kier alpha value is -2.83. The lowest BCUT2D eigenvalue weighted by Gasteiger charge is -2.36. The van der Waals surface area contributed by atoms with E-state index in [-0.39, 0.29) is 16.8 Å². The van der Waals surface area contributed by atoms with Gasteiger partial charge in [0.1, 0.15) is 0 Å². The highest BCUT2D eigenvalue weighted by atomic mass is 32.2. The number of amidine groups is 1. The number of non-ortho nitro benzene ring substituents is 1. The first-order valence-electron chi connectivity index (χ1n) is 7.30. The number of nitro groups is 1. The summed E-state index contributed by atoms with van der Waals surface area (Å²) in [5.74, 6) is -1.88. The van der Waals surface area contributed by atoms with Crippen LogP contribution in [0.1, 0.15) is 0 Å². The van der Waals surface area contributed by atoms with Gasteiger partial charge in [0.2, 0.25) is 5.96 Å². The van der Waals surface area contributed by atoms with Crippen molar-refractivity contribution < 1.29 is 27.6 Å². The number of esters is 1. The van der Waals surface area contributed by atoms with Crippen molar-refractivity contribution in [2.45, 2.75) is 16.7 Å². The van der Waals surface area contributed by atoms with E-state index >= 15 is 0 Å². The van der Waals surface area contributed by atoms with Crippen LogP contribution in [0.2, 0.25) is 0 Å². The maximum Gasteiger partial charge on any atom is 0.446 e. The summed E-state index contributed by atoms with van der Waals surface area (Å²) < 4.78 is 45.6. The molecular formula is C14H12F3N5O4S. The Kier molecular flexibility index (Phi) is 4.29. The van der Waals surface area contributed by atoms with Gasteiger partial charge in [-0.3, -0.25) is 15.0 Å². The second-order valence-corrected chi connectivity index (χ2v) is 6.72. The van der Waals surface area contributed by atoms with Crippen LogP contribution in [0.15, 0.2) is 33.1 Å². The van der Waals surface area contributed by atoms with Crippen LogP contribution in [0.25, 0.3) is 0 Å². The van der Waals surface area contributed by atoms with Crippen LogP contribution in [0.4, 0.5) is 24.5 Å². The number of ether oxygens (including phenoxy) is 1. The van der Waals surface area contributed by atoms with Gasteiger partial charge >= 0.3 is 17.8 Å². The molecule has 0 fully saturated rings. The molecule has 13 heteroatoms. The molecule has 2 aliphatic rings. The van der Waals surface area contributed by atoms with E-state index < -0.39 is 22.7 Å². The number of anilines is 1. The molecule has 0 radical (unpaired) electrons. The highest BCUT2D eigenvalue weighted by Crippen LogP contribution is 2.48. The van der Waals surface area contributed by atoms with Crippen molar-refractivity contribution in [1.82, 2.24) is 4.90 Å². The predicted molar refractivity (Wildman–Crippen MR) is 90.8 cm³/mol. The average Bonchev–Trinajstić information content (AvgIpc) is 2.95. The largest absolute Gasteiger partial charge is 0.465 e. The molecule has 9 nitrogen and oxygen atoms in total. The Morgan fingerprint density at radius 2 is 2.04 bits per heavy atom. The molecule has 27 heavy (non-hydrogen) atoms. The molecule has 0 bridgehead atoms. The Balaban J connectivity index is 2.22. The number of thioether (sulfide) groups is 1. The number of nitrogens with zero attached hydrogens (tertiary/aromatic N) is 5. The van der Waals surface area contributed by atoms with Crippen LogP contribution in [0.3, 0.4) is 0 Å². The van der Waals surface area contributed by atoms with E-state index in [1.807, 2.05) is 0 Å². The number of nitro benzene ring substituents is 1. The SMILES string of the molecule is COC(=O)[C@]1(C(F)(F)F)N=C2Sc3cc([N+](=O)[O-])ccc3N2C(N(C)C)=N1. The molecule has 1 atom stereocenters. The summed E-state index contributed by atoms with van der Waals surface area (Å²) in [6, 6.07) is 3.84. The molecule has 0 N–H and O–H groups in total. The van der Waals surface area contributed by atoms with Gasteiger partial charge in [0.15, 0.2) is 5.17 Å². The minimum atomic E-state index is -5.15. The third-order valence-electron chi connectivity index (χ3n) is 3.77. The maximum atomic E-state index is 13.8. The van der Waals surface area contributed by atoms with Crippen molar-refractivity contribution in [2.24, 2.45) is 9.98 Å². The molecular weight excluding hydrogens is 391 g/mol. The quantitative estimate of drug-likeness (QED) is 0.424. The summed E-state index contributed by atoms with van der Waals surface area (Å²) >= 11 is 0.775. The fraction of sp³-hybridized carbons (Fsp3) is 0.357. The Morgan fingerprint density at radius 1 is 1.37 bits per heavy atom. The fourth-order valence-electron chi connectivity index (χ4n) is 2.53. The molecule has 0 amide bonds. The molecule has 0 saturated heterocycles. The van der Waals surface area contributed by atoms with Crippen molar-refractivity contribution in [1.29, 1.82) is 0 Å². The molecule has 1 aromatic rings. The Labute approximate surface area is 154 Å². The third kappa shape index (κ3) is 2.78. The number of methoxy groups -OCH3 is 1. The number of guanidine groups is 1. The number of fused-ring (bicyclic) bond motifs is 3. The van der Waals surface area contributed by atoms with Crippen molar-refractivity contribution >= 4 is 40.2 Å². The van der Waals surface area contributed by atoms with Gasteiger partial charge < -0.3 is 9.64 Å². The van der Waals surface area contributed by atoms with Crippen LogP contribution in [-0.4, -0.2) is 60.0 Å². The topological polar surface area (TPSA) is 101 Å². The van der Waals surface area contributed by atoms with Crippen molar-refractivity contribution in [3.05, 3.63) is 28.3 Å². The molecule has 0 unspecified atom stereocenters. The van der Waals surface area contributed by atoms with Gasteiger partial charge in [-0.25, -0.2) is 14.8 Å². The molecule has 0 aromatic heterocycles. The molecule has 3 rings (SSSR count). The smallest absolute Gasteiger partial charge is 0.446 e. The Morgan fingerprint density at radius 3 is 2.56 bits per heavy atom. The molecule has 1 aromatic carbocycles. The average molecular weight is 403 g/mol. The van der Waals surface area contributed by atoms with Crippen LogP contribution >= 0.6 is 11.8 Å². The van der Waals surface area contributed by atoms with E-state index in [9.17, 15) is 28.1 Å². The zero-order valence-corrected chi connectivity index (χ0v) is 15.0. The van der Waals surface area contributed by atoms with E-state index in [2.05, 4.69) is 14.7 Å². The van der Waals surface area contributed by atoms with Crippen LogP contribution in [-0.2, 0) is 9.53 Å². The number of aliphatic imine (C=N–C) groups is 2. The third-order valence-corrected chi connectivity index (χ3v) is 4.78. The number of benzene rings is 1. The van der Waals surface area contributed by atoms with Gasteiger partial charge in [0.25, 0.3) is 5.69 Å². The van der Waals surface area contributed by atoms with Crippen molar-refractivity contribution in [3.63, 3.8) is 0 Å². The summed E-state index contributed by atoms with van der Waals surface area (Å²) in [7, 11) is 3.72. The second-order valence-electron chi connectivity index (χ2n) is 5.71. The van der Waals surface area contributed by atoms with Gasteiger partial charge in [-0.1, -0.05) is 0 Å². The minimum Gasteiger partial charge on any atom is -0.465 e. The van der Waals surface area contributed by atoms with Gasteiger partial charge in [0.05, 0.1) is 17.7 Å². The monoisotopic (exact) mass is 403 g/mol. The number of hydrogen-bond acceptors (Lipinski definition) is 9. The summed E-state index contributed by atoms with van der Waals surface area (Å²) in [6.07, 6.45) is -5.15. The summed E-state index contributed by atoms with van der Waals surface area (Å²) in [5.41, 5.74) is -3.30. The molecule has 0 aliphatic carbocycles. The highest BCUT2D eigenvalue weighted by Gasteiger charge is 2.65. The van der Waals surface area contributed by atoms with Crippen molar-refractivity contribution in [3.8, 4) is 0 Å². The van der Waals surface area contributed by atoms with E-state index in [0.717, 1.165) is 18.9 Å². The molecule has 0 spiro atoms. The number of rotatable bonds is 2. The lowest BCUT2D eigenvalue weighted by Crippen LogP contribution is -2.57. The first-order chi connectivity index (χ1) is 12.5. The first kappa shape index (κ1) is 18.9. The van der Waals surface area contributed by atoms with E-state index in [4.69, 9.17) is 0 Å². The standard InChI is InChI=1S/C14H12F3N5O4S/c1-20(2)11-18-13(10(23)26-3,14(15,16)17)19-12-21(11)8-5-4-7(22(24)25)6-9(8)27-12/h4-6H,1-3H3/t13-/m1/s1. The van der Waals surface area contributed by atoms with Gasteiger partial charge in [0, 0.05) is 31.1 Å². The normalized spacial score (nSPS) is 21.0. The van der Waals surface area contributed by atoms with E-state index in [0.29, 0.717) is 10.6 Å². The van der Waals surface area contributed by atoms with Gasteiger partial charge in [-0.15, -0.1) is 0 Å². The number of carbonyl (C=O) groups excluding carboxylic acids is 1. The minimum absolute atomic E-state index is 0.188. The number of halogens is 3. The van der Waals surface area contributed by atoms with Gasteiger partial charge in [-0.2, -0.15) is 13.2 Å². The van der Waals surface area contributed by atoms with Crippen LogP contribution < -0.4 is 4.90 Å². The summed E-state index contributed by atoms with van der Waals surface area (Å²) in [4.78, 5) is 32.4. The Bertz CT molecular complexity index is 901. The first-order valence-corrected chi connectivity index (χ1v) is 8.12.